The van der Waals surface area contributed by atoms with Gasteiger partial charge in [-0.1, -0.05) is 0 Å². The van der Waals surface area contributed by atoms with Crippen molar-refractivity contribution in [1.82, 2.24) is 16.0 Å². The SMILES string of the molecule is CC(NC(=O)C(CCC(N)=O)NC(=O)CN)C(=O)NC(CCC(=O)O)C(=O)O. The Morgan fingerprint density at radius 3 is 1.89 bits per heavy atom. The quantitative estimate of drug-likeness (QED) is 0.162. The molecule has 0 saturated carbocycles. The first-order valence-electron chi connectivity index (χ1n) is 8.31. The minimum Gasteiger partial charge on any atom is -0.481 e. The van der Waals surface area contributed by atoms with Crippen LogP contribution in [0, 0.1) is 0 Å². The van der Waals surface area contributed by atoms with Crippen LogP contribution in [0.4, 0.5) is 0 Å². The molecule has 158 valence electrons. The third-order valence-electron chi connectivity index (χ3n) is 3.53. The Morgan fingerprint density at radius 2 is 1.43 bits per heavy atom. The number of rotatable bonds is 13. The maximum Gasteiger partial charge on any atom is 0.326 e. The first-order chi connectivity index (χ1) is 13.0. The monoisotopic (exact) mass is 403 g/mol. The lowest BCUT2D eigenvalue weighted by atomic mass is 10.1. The summed E-state index contributed by atoms with van der Waals surface area (Å²) in [6, 6.07) is -3.84. The molecule has 0 aromatic carbocycles. The van der Waals surface area contributed by atoms with Crippen LogP contribution in [0.25, 0.3) is 0 Å². The highest BCUT2D eigenvalue weighted by atomic mass is 16.4. The summed E-state index contributed by atoms with van der Waals surface area (Å²) in [5, 5.41) is 24.3. The number of aliphatic carboxylic acids is 2. The van der Waals surface area contributed by atoms with Crippen molar-refractivity contribution in [2.24, 2.45) is 11.5 Å². The van der Waals surface area contributed by atoms with Gasteiger partial charge in [-0.2, -0.15) is 0 Å². The maximum absolute atomic E-state index is 12.3. The van der Waals surface area contributed by atoms with Gasteiger partial charge >= 0.3 is 11.9 Å². The van der Waals surface area contributed by atoms with Gasteiger partial charge in [-0.25, -0.2) is 4.79 Å². The van der Waals surface area contributed by atoms with Gasteiger partial charge in [0.05, 0.1) is 6.54 Å². The number of carboxylic acid groups (broad SMARTS) is 2. The third kappa shape index (κ3) is 10.1. The molecule has 0 spiro atoms. The lowest BCUT2D eigenvalue weighted by Gasteiger charge is -2.22. The molecule has 0 saturated heterocycles. The zero-order valence-electron chi connectivity index (χ0n) is 15.3. The van der Waals surface area contributed by atoms with Crippen molar-refractivity contribution in [3.63, 3.8) is 0 Å². The zero-order chi connectivity index (χ0) is 21.9. The normalized spacial score (nSPS) is 13.5. The summed E-state index contributed by atoms with van der Waals surface area (Å²) in [5.74, 6) is -5.69. The van der Waals surface area contributed by atoms with Gasteiger partial charge in [-0.05, 0) is 19.8 Å². The fraction of sp³-hybridized carbons (Fsp3) is 0.600. The molecule has 0 aliphatic rings. The lowest BCUT2D eigenvalue weighted by molar-refractivity contribution is -0.143. The average molecular weight is 403 g/mol. The van der Waals surface area contributed by atoms with Crippen LogP contribution in [0.5, 0.6) is 0 Å². The van der Waals surface area contributed by atoms with Crippen LogP contribution >= 0.6 is 0 Å². The van der Waals surface area contributed by atoms with Crippen LogP contribution in [0.3, 0.4) is 0 Å². The lowest BCUT2D eigenvalue weighted by Crippen LogP contribution is -2.55. The molecule has 0 fully saturated rings. The Morgan fingerprint density at radius 1 is 0.857 bits per heavy atom. The van der Waals surface area contributed by atoms with Gasteiger partial charge in [0.25, 0.3) is 0 Å². The Hall–Kier alpha value is -3.22. The summed E-state index contributed by atoms with van der Waals surface area (Å²) in [6.45, 7) is 0.861. The molecule has 0 bridgehead atoms. The maximum atomic E-state index is 12.3. The van der Waals surface area contributed by atoms with Gasteiger partial charge in [0.2, 0.25) is 23.6 Å². The zero-order valence-corrected chi connectivity index (χ0v) is 15.3. The number of carbonyl (C=O) groups excluding carboxylic acids is 4. The number of amides is 4. The molecule has 28 heavy (non-hydrogen) atoms. The van der Waals surface area contributed by atoms with Crippen LogP contribution in [-0.2, 0) is 28.8 Å². The topological polar surface area (TPSA) is 231 Å². The smallest absolute Gasteiger partial charge is 0.326 e. The molecule has 3 atom stereocenters. The number of nitrogens with one attached hydrogen (secondary N) is 3. The van der Waals surface area contributed by atoms with E-state index < -0.39 is 66.7 Å². The van der Waals surface area contributed by atoms with Crippen molar-refractivity contribution in [2.45, 2.75) is 50.7 Å². The van der Waals surface area contributed by atoms with E-state index in [4.69, 9.17) is 21.7 Å². The summed E-state index contributed by atoms with van der Waals surface area (Å²) in [6.07, 6.45) is -1.15. The summed E-state index contributed by atoms with van der Waals surface area (Å²) in [4.78, 5) is 68.3. The summed E-state index contributed by atoms with van der Waals surface area (Å²) >= 11 is 0. The average Bonchev–Trinajstić information content (AvgIpc) is 2.60. The second kappa shape index (κ2) is 12.2. The van der Waals surface area contributed by atoms with Gasteiger partial charge in [-0.15, -0.1) is 0 Å². The molecule has 13 nitrogen and oxygen atoms in total. The highest BCUT2D eigenvalue weighted by Crippen LogP contribution is 2.01. The van der Waals surface area contributed by atoms with E-state index in [0.717, 1.165) is 0 Å². The summed E-state index contributed by atoms with van der Waals surface area (Å²) < 4.78 is 0. The Labute approximate surface area is 160 Å². The van der Waals surface area contributed by atoms with E-state index in [9.17, 15) is 28.8 Å². The first kappa shape index (κ1) is 24.8. The molecule has 9 N–H and O–H groups in total. The fourth-order valence-corrected chi connectivity index (χ4v) is 2.01. The van der Waals surface area contributed by atoms with Crippen LogP contribution in [0.15, 0.2) is 0 Å². The van der Waals surface area contributed by atoms with Crippen LogP contribution in [-0.4, -0.2) is 70.5 Å². The second-order valence-corrected chi connectivity index (χ2v) is 5.89. The largest absolute Gasteiger partial charge is 0.481 e. The van der Waals surface area contributed by atoms with E-state index in [2.05, 4.69) is 16.0 Å². The van der Waals surface area contributed by atoms with Crippen molar-refractivity contribution in [3.05, 3.63) is 0 Å². The second-order valence-electron chi connectivity index (χ2n) is 5.89. The Bertz CT molecular complexity index is 624. The summed E-state index contributed by atoms with van der Waals surface area (Å²) in [7, 11) is 0. The van der Waals surface area contributed by atoms with Crippen molar-refractivity contribution in [1.29, 1.82) is 0 Å². The van der Waals surface area contributed by atoms with E-state index in [0.29, 0.717) is 0 Å². The predicted molar refractivity (Wildman–Crippen MR) is 93.5 cm³/mol. The minimum absolute atomic E-state index is 0.127. The van der Waals surface area contributed by atoms with Crippen molar-refractivity contribution < 1.29 is 39.0 Å². The Balaban J connectivity index is 4.91. The van der Waals surface area contributed by atoms with E-state index >= 15 is 0 Å². The summed E-state index contributed by atoms with van der Waals surface area (Å²) in [5.41, 5.74) is 10.2. The van der Waals surface area contributed by atoms with Gasteiger partial charge in [0.1, 0.15) is 18.1 Å². The van der Waals surface area contributed by atoms with E-state index in [-0.39, 0.29) is 19.3 Å². The first-order valence-corrected chi connectivity index (χ1v) is 8.31. The molecule has 0 heterocycles. The van der Waals surface area contributed by atoms with Crippen LogP contribution < -0.4 is 27.4 Å². The van der Waals surface area contributed by atoms with Crippen LogP contribution in [0.2, 0.25) is 0 Å². The molecule has 0 aliphatic heterocycles. The molecule has 0 rings (SSSR count). The minimum atomic E-state index is -1.45. The number of nitrogens with two attached hydrogens (primary N) is 2. The predicted octanol–water partition coefficient (Wildman–Crippen LogP) is -3.37. The number of primary amides is 1. The highest BCUT2D eigenvalue weighted by Gasteiger charge is 2.27. The van der Waals surface area contributed by atoms with Gasteiger partial charge < -0.3 is 37.6 Å². The van der Waals surface area contributed by atoms with E-state index in [1.807, 2.05) is 0 Å². The Kier molecular flexibility index (Phi) is 10.8. The van der Waals surface area contributed by atoms with E-state index in [1.165, 1.54) is 6.92 Å². The number of hydrogen-bond donors (Lipinski definition) is 7. The fourth-order valence-electron chi connectivity index (χ4n) is 2.01. The number of carbonyl (C=O) groups is 6. The molecule has 13 heteroatoms. The molecular formula is C15H25N5O8. The van der Waals surface area contributed by atoms with Gasteiger partial charge in [0, 0.05) is 12.8 Å². The molecule has 3 unspecified atom stereocenters. The molecule has 0 aromatic heterocycles. The van der Waals surface area contributed by atoms with Gasteiger partial charge in [-0.3, -0.25) is 24.0 Å². The third-order valence-corrected chi connectivity index (χ3v) is 3.53. The van der Waals surface area contributed by atoms with E-state index in [1.54, 1.807) is 0 Å². The van der Waals surface area contributed by atoms with Crippen molar-refractivity contribution in [3.8, 4) is 0 Å². The standard InChI is InChI=1S/C15H25N5O8/c1-7(13(25)20-9(15(27)28)3-5-12(23)24)18-14(26)8(2-4-10(17)21)19-11(22)6-16/h7-9H,2-6,16H2,1H3,(H2,17,21)(H,18,26)(H,19,22)(H,20,25)(H,23,24)(H,27,28). The molecule has 0 radical (unpaired) electrons. The van der Waals surface area contributed by atoms with Crippen LogP contribution in [0.1, 0.15) is 32.6 Å². The molecule has 0 aliphatic carbocycles. The highest BCUT2D eigenvalue weighted by molar-refractivity contribution is 5.93. The van der Waals surface area contributed by atoms with Crippen molar-refractivity contribution >= 4 is 35.6 Å². The molecule has 4 amide bonds. The number of hydrogen-bond acceptors (Lipinski definition) is 7. The number of carboxylic acids is 2. The molecule has 0 aromatic rings. The molecular weight excluding hydrogens is 378 g/mol. The van der Waals surface area contributed by atoms with Gasteiger partial charge in [0.15, 0.2) is 0 Å². The van der Waals surface area contributed by atoms with Crippen molar-refractivity contribution in [2.75, 3.05) is 6.54 Å².